The number of fused-ring (bicyclic) bond motifs is 2. The van der Waals surface area contributed by atoms with Crippen molar-refractivity contribution in [3.8, 4) is 11.3 Å². The number of aromatic nitrogens is 1. The van der Waals surface area contributed by atoms with E-state index in [1.54, 1.807) is 0 Å². The molecule has 0 aliphatic heterocycles. The Morgan fingerprint density at radius 1 is 0.781 bits per heavy atom. The van der Waals surface area contributed by atoms with Crippen molar-refractivity contribution in [2.24, 2.45) is 0 Å². The van der Waals surface area contributed by atoms with Gasteiger partial charge in [0.15, 0.2) is 0 Å². The van der Waals surface area contributed by atoms with Gasteiger partial charge in [0.05, 0.1) is 16.8 Å². The summed E-state index contributed by atoms with van der Waals surface area (Å²) in [5.74, 6) is -0.117. The summed E-state index contributed by atoms with van der Waals surface area (Å²) in [7, 11) is 0. The molecule has 0 spiro atoms. The van der Waals surface area contributed by atoms with Crippen LogP contribution >= 0.6 is 0 Å². The second-order valence-electron chi connectivity index (χ2n) is 8.29. The van der Waals surface area contributed by atoms with Crippen molar-refractivity contribution in [2.45, 2.75) is 20.8 Å². The van der Waals surface area contributed by atoms with Gasteiger partial charge >= 0.3 is 0 Å². The molecule has 3 heteroatoms. The Bertz CT molecular complexity index is 1480. The number of anilines is 1. The molecule has 0 unspecified atom stereocenters. The maximum Gasteiger partial charge on any atom is 0.256 e. The first-order valence-electron chi connectivity index (χ1n) is 10.8. The van der Waals surface area contributed by atoms with Crippen LogP contribution in [0.25, 0.3) is 32.9 Å². The molecule has 0 atom stereocenters. The SMILES string of the molecule is Cc1cc(C)c2nc(-c3ccccc3)c(C)c(C(=O)Nc3cccc4ccccc34)c2c1. The van der Waals surface area contributed by atoms with E-state index < -0.39 is 0 Å². The van der Waals surface area contributed by atoms with Gasteiger partial charge in [-0.3, -0.25) is 4.79 Å². The normalized spacial score (nSPS) is 11.1. The number of rotatable bonds is 3. The molecular weight excluding hydrogens is 392 g/mol. The molecule has 4 aromatic carbocycles. The van der Waals surface area contributed by atoms with Crippen molar-refractivity contribution >= 4 is 33.3 Å². The molecule has 5 rings (SSSR count). The van der Waals surface area contributed by atoms with E-state index in [0.717, 1.165) is 55.3 Å². The number of nitrogens with one attached hydrogen (secondary N) is 1. The van der Waals surface area contributed by atoms with Gasteiger partial charge < -0.3 is 5.32 Å². The maximum absolute atomic E-state index is 13.8. The monoisotopic (exact) mass is 416 g/mol. The van der Waals surface area contributed by atoms with Crippen molar-refractivity contribution in [3.05, 3.63) is 107 Å². The second-order valence-corrected chi connectivity index (χ2v) is 8.29. The predicted octanol–water partition coefficient (Wildman–Crippen LogP) is 7.23. The van der Waals surface area contributed by atoms with Crippen molar-refractivity contribution in [3.63, 3.8) is 0 Å². The standard InChI is InChI=1S/C29H24N2O/c1-18-16-19(2)27-24(17-18)26(20(3)28(31-27)22-11-5-4-6-12-22)29(32)30-25-15-9-13-21-10-7-8-14-23(21)25/h4-17H,1-3H3,(H,30,32). The molecule has 0 saturated carbocycles. The van der Waals surface area contributed by atoms with Gasteiger partial charge in [0, 0.05) is 22.0 Å². The summed E-state index contributed by atoms with van der Waals surface area (Å²) >= 11 is 0. The quantitative estimate of drug-likeness (QED) is 0.337. The summed E-state index contributed by atoms with van der Waals surface area (Å²) in [5.41, 5.74) is 7.25. The van der Waals surface area contributed by atoms with E-state index in [2.05, 4.69) is 43.4 Å². The molecule has 0 radical (unpaired) electrons. The number of aryl methyl sites for hydroxylation is 2. The van der Waals surface area contributed by atoms with Crippen LogP contribution in [0.1, 0.15) is 27.0 Å². The largest absolute Gasteiger partial charge is 0.321 e. The number of pyridine rings is 1. The molecule has 5 aromatic rings. The maximum atomic E-state index is 13.8. The van der Waals surface area contributed by atoms with E-state index in [0.29, 0.717) is 5.56 Å². The molecule has 1 N–H and O–H groups in total. The van der Waals surface area contributed by atoms with Gasteiger partial charge in [-0.05, 0) is 49.4 Å². The summed E-state index contributed by atoms with van der Waals surface area (Å²) in [4.78, 5) is 18.8. The van der Waals surface area contributed by atoms with Crippen LogP contribution in [0.2, 0.25) is 0 Å². The number of hydrogen-bond donors (Lipinski definition) is 1. The topological polar surface area (TPSA) is 42.0 Å². The van der Waals surface area contributed by atoms with E-state index in [4.69, 9.17) is 4.98 Å². The highest BCUT2D eigenvalue weighted by Crippen LogP contribution is 2.33. The Morgan fingerprint density at radius 3 is 2.31 bits per heavy atom. The first kappa shape index (κ1) is 20.0. The van der Waals surface area contributed by atoms with E-state index in [-0.39, 0.29) is 5.91 Å². The number of nitrogens with zero attached hydrogens (tertiary/aromatic N) is 1. The number of carbonyl (C=O) groups is 1. The Hall–Kier alpha value is -3.98. The van der Waals surface area contributed by atoms with E-state index in [1.807, 2.05) is 67.6 Å². The minimum absolute atomic E-state index is 0.117. The third kappa shape index (κ3) is 3.42. The lowest BCUT2D eigenvalue weighted by atomic mass is 9.94. The van der Waals surface area contributed by atoms with E-state index >= 15 is 0 Å². The highest BCUT2D eigenvalue weighted by molar-refractivity contribution is 6.17. The van der Waals surface area contributed by atoms with Crippen LogP contribution in [-0.2, 0) is 0 Å². The lowest BCUT2D eigenvalue weighted by Gasteiger charge is -2.17. The predicted molar refractivity (Wildman–Crippen MR) is 133 cm³/mol. The van der Waals surface area contributed by atoms with Crippen LogP contribution in [0.15, 0.2) is 84.9 Å². The lowest BCUT2D eigenvalue weighted by Crippen LogP contribution is -2.16. The summed E-state index contributed by atoms with van der Waals surface area (Å²) in [6.45, 7) is 6.10. The first-order valence-corrected chi connectivity index (χ1v) is 10.8. The van der Waals surface area contributed by atoms with Gasteiger partial charge in [0.25, 0.3) is 5.91 Å². The molecular formula is C29H24N2O. The summed E-state index contributed by atoms with van der Waals surface area (Å²) in [5, 5.41) is 6.19. The number of carbonyl (C=O) groups excluding carboxylic acids is 1. The van der Waals surface area contributed by atoms with Gasteiger partial charge in [-0.2, -0.15) is 0 Å². The first-order chi connectivity index (χ1) is 15.5. The van der Waals surface area contributed by atoms with Gasteiger partial charge in [-0.15, -0.1) is 0 Å². The van der Waals surface area contributed by atoms with E-state index in [9.17, 15) is 4.79 Å². The van der Waals surface area contributed by atoms with Crippen LogP contribution in [0, 0.1) is 20.8 Å². The Morgan fingerprint density at radius 2 is 1.50 bits per heavy atom. The zero-order valence-corrected chi connectivity index (χ0v) is 18.4. The zero-order valence-electron chi connectivity index (χ0n) is 18.4. The van der Waals surface area contributed by atoms with Gasteiger partial charge in [-0.25, -0.2) is 4.98 Å². The third-order valence-corrected chi connectivity index (χ3v) is 5.98. The van der Waals surface area contributed by atoms with Gasteiger partial charge in [-0.1, -0.05) is 78.4 Å². The molecule has 0 saturated heterocycles. The average molecular weight is 417 g/mol. The van der Waals surface area contributed by atoms with Crippen molar-refractivity contribution < 1.29 is 4.79 Å². The second kappa shape index (κ2) is 7.93. The van der Waals surface area contributed by atoms with Crippen LogP contribution in [0.3, 0.4) is 0 Å². The number of hydrogen-bond acceptors (Lipinski definition) is 2. The molecule has 32 heavy (non-hydrogen) atoms. The minimum Gasteiger partial charge on any atom is -0.321 e. The van der Waals surface area contributed by atoms with Gasteiger partial charge in [0.1, 0.15) is 0 Å². The molecule has 0 fully saturated rings. The fraction of sp³-hybridized carbons (Fsp3) is 0.103. The van der Waals surface area contributed by atoms with Crippen molar-refractivity contribution in [1.82, 2.24) is 4.98 Å². The molecule has 1 heterocycles. The molecule has 3 nitrogen and oxygen atoms in total. The Labute approximate surface area is 187 Å². The fourth-order valence-electron chi connectivity index (χ4n) is 4.50. The minimum atomic E-state index is -0.117. The molecule has 1 amide bonds. The molecule has 1 aromatic heterocycles. The lowest BCUT2D eigenvalue weighted by molar-refractivity contribution is 0.102. The summed E-state index contributed by atoms with van der Waals surface area (Å²) in [6, 6.07) is 28.3. The molecule has 0 bridgehead atoms. The average Bonchev–Trinajstić information content (AvgIpc) is 2.79. The molecule has 0 aliphatic rings. The van der Waals surface area contributed by atoms with Crippen LogP contribution in [0.5, 0.6) is 0 Å². The van der Waals surface area contributed by atoms with Crippen LogP contribution in [-0.4, -0.2) is 10.9 Å². The van der Waals surface area contributed by atoms with Gasteiger partial charge in [0.2, 0.25) is 0 Å². The fourth-order valence-corrected chi connectivity index (χ4v) is 4.50. The van der Waals surface area contributed by atoms with Crippen molar-refractivity contribution in [1.29, 1.82) is 0 Å². The summed E-state index contributed by atoms with van der Waals surface area (Å²) in [6.07, 6.45) is 0. The van der Waals surface area contributed by atoms with E-state index in [1.165, 1.54) is 0 Å². The zero-order chi connectivity index (χ0) is 22.2. The van der Waals surface area contributed by atoms with Crippen LogP contribution < -0.4 is 5.32 Å². The number of benzene rings is 4. The highest BCUT2D eigenvalue weighted by atomic mass is 16.1. The Balaban J connectivity index is 1.73. The summed E-state index contributed by atoms with van der Waals surface area (Å²) < 4.78 is 0. The smallest absolute Gasteiger partial charge is 0.256 e. The van der Waals surface area contributed by atoms with Crippen molar-refractivity contribution in [2.75, 3.05) is 5.32 Å². The third-order valence-electron chi connectivity index (χ3n) is 5.98. The van der Waals surface area contributed by atoms with Crippen LogP contribution in [0.4, 0.5) is 5.69 Å². The highest BCUT2D eigenvalue weighted by Gasteiger charge is 2.21. The Kier molecular flexibility index (Phi) is 4.95. The molecule has 0 aliphatic carbocycles. The molecule has 156 valence electrons. The number of amides is 1.